The van der Waals surface area contributed by atoms with E-state index in [9.17, 15) is 0 Å². The van der Waals surface area contributed by atoms with Crippen LogP contribution in [0.3, 0.4) is 0 Å². The first kappa shape index (κ1) is 15.7. The SMILES string of the molecule is N#Cc1cccc(-c2nnc(CN3CCCC3CCCO)o2)c1. The molecule has 120 valence electrons. The number of hydrogen-bond donors (Lipinski definition) is 1. The topological polar surface area (TPSA) is 86.2 Å². The van der Waals surface area contributed by atoms with Crippen molar-refractivity contribution in [2.75, 3.05) is 13.2 Å². The predicted octanol–water partition coefficient (Wildman–Crippen LogP) is 2.35. The number of benzene rings is 1. The Hall–Kier alpha value is -2.23. The fourth-order valence-electron chi connectivity index (χ4n) is 3.09. The molecule has 2 aromatic rings. The Morgan fingerprint density at radius 3 is 3.13 bits per heavy atom. The van der Waals surface area contributed by atoms with E-state index in [4.69, 9.17) is 14.8 Å². The maximum absolute atomic E-state index is 8.99. The maximum Gasteiger partial charge on any atom is 0.247 e. The van der Waals surface area contributed by atoms with Gasteiger partial charge in [-0.05, 0) is 50.4 Å². The maximum atomic E-state index is 8.99. The largest absolute Gasteiger partial charge is 0.419 e. The van der Waals surface area contributed by atoms with Gasteiger partial charge in [-0.3, -0.25) is 4.90 Å². The van der Waals surface area contributed by atoms with Gasteiger partial charge in [-0.2, -0.15) is 5.26 Å². The monoisotopic (exact) mass is 312 g/mol. The summed E-state index contributed by atoms with van der Waals surface area (Å²) in [4.78, 5) is 2.35. The van der Waals surface area contributed by atoms with Gasteiger partial charge >= 0.3 is 0 Å². The molecule has 0 aliphatic carbocycles. The summed E-state index contributed by atoms with van der Waals surface area (Å²) in [5, 5.41) is 26.2. The standard InChI is InChI=1S/C17H20N4O2/c18-11-13-4-1-5-14(10-13)17-20-19-16(23-17)12-21-8-2-6-15(21)7-3-9-22/h1,4-5,10,15,22H,2-3,6-9,12H2. The summed E-state index contributed by atoms with van der Waals surface area (Å²) in [5.41, 5.74) is 1.34. The van der Waals surface area contributed by atoms with Crippen LogP contribution < -0.4 is 0 Å². The first-order chi connectivity index (χ1) is 11.3. The van der Waals surface area contributed by atoms with E-state index >= 15 is 0 Å². The highest BCUT2D eigenvalue weighted by Gasteiger charge is 2.25. The summed E-state index contributed by atoms with van der Waals surface area (Å²) in [5.74, 6) is 1.04. The van der Waals surface area contributed by atoms with Crippen molar-refractivity contribution in [2.45, 2.75) is 38.3 Å². The second-order valence-electron chi connectivity index (χ2n) is 5.83. The summed E-state index contributed by atoms with van der Waals surface area (Å²) >= 11 is 0. The molecule has 1 atom stereocenters. The number of likely N-dealkylation sites (tertiary alicyclic amines) is 1. The van der Waals surface area contributed by atoms with Crippen molar-refractivity contribution in [3.63, 3.8) is 0 Å². The molecule has 23 heavy (non-hydrogen) atoms. The Kier molecular flexibility index (Phi) is 5.01. The van der Waals surface area contributed by atoms with E-state index in [-0.39, 0.29) is 6.61 Å². The van der Waals surface area contributed by atoms with Crippen molar-refractivity contribution in [2.24, 2.45) is 0 Å². The summed E-state index contributed by atoms with van der Waals surface area (Å²) in [7, 11) is 0. The second kappa shape index (κ2) is 7.36. The number of nitrogens with zero attached hydrogens (tertiary/aromatic N) is 4. The van der Waals surface area contributed by atoms with E-state index in [1.807, 2.05) is 12.1 Å². The van der Waals surface area contributed by atoms with Crippen LogP contribution in [0.2, 0.25) is 0 Å². The minimum Gasteiger partial charge on any atom is -0.419 e. The number of nitriles is 1. The molecule has 1 aliphatic rings. The van der Waals surface area contributed by atoms with Gasteiger partial charge in [-0.1, -0.05) is 6.07 Å². The lowest BCUT2D eigenvalue weighted by Gasteiger charge is -2.22. The molecule has 1 fully saturated rings. The number of aliphatic hydroxyl groups excluding tert-OH is 1. The fourth-order valence-corrected chi connectivity index (χ4v) is 3.09. The average Bonchev–Trinajstić information content (AvgIpc) is 3.23. The van der Waals surface area contributed by atoms with E-state index in [1.165, 1.54) is 6.42 Å². The third-order valence-corrected chi connectivity index (χ3v) is 4.24. The Morgan fingerprint density at radius 2 is 2.30 bits per heavy atom. The molecule has 1 unspecified atom stereocenters. The fraction of sp³-hybridized carbons (Fsp3) is 0.471. The molecule has 1 aromatic carbocycles. The molecular weight excluding hydrogens is 292 g/mol. The van der Waals surface area contributed by atoms with Gasteiger partial charge in [0.25, 0.3) is 0 Å². The van der Waals surface area contributed by atoms with Crippen LogP contribution in [0.5, 0.6) is 0 Å². The lowest BCUT2D eigenvalue weighted by Crippen LogP contribution is -2.29. The Morgan fingerprint density at radius 1 is 1.39 bits per heavy atom. The van der Waals surface area contributed by atoms with E-state index < -0.39 is 0 Å². The van der Waals surface area contributed by atoms with Crippen LogP contribution in [-0.2, 0) is 6.54 Å². The molecule has 2 heterocycles. The summed E-state index contributed by atoms with van der Waals surface area (Å²) in [6.45, 7) is 1.91. The van der Waals surface area contributed by atoms with Gasteiger partial charge in [-0.25, -0.2) is 0 Å². The molecular formula is C17H20N4O2. The van der Waals surface area contributed by atoms with E-state index in [0.29, 0.717) is 29.9 Å². The van der Waals surface area contributed by atoms with Gasteiger partial charge < -0.3 is 9.52 Å². The van der Waals surface area contributed by atoms with Gasteiger partial charge in [0.2, 0.25) is 11.8 Å². The highest BCUT2D eigenvalue weighted by atomic mass is 16.4. The summed E-state index contributed by atoms with van der Waals surface area (Å²) in [6, 6.07) is 9.76. The number of rotatable bonds is 6. The molecule has 3 rings (SSSR count). The van der Waals surface area contributed by atoms with E-state index in [1.54, 1.807) is 12.1 Å². The number of aromatic nitrogens is 2. The first-order valence-corrected chi connectivity index (χ1v) is 7.98. The minimum atomic E-state index is 0.240. The molecule has 1 aliphatic heterocycles. The molecule has 0 amide bonds. The minimum absolute atomic E-state index is 0.240. The van der Waals surface area contributed by atoms with Gasteiger partial charge in [0.1, 0.15) is 0 Å². The second-order valence-corrected chi connectivity index (χ2v) is 5.83. The zero-order valence-electron chi connectivity index (χ0n) is 13.0. The van der Waals surface area contributed by atoms with Crippen molar-refractivity contribution in [3.8, 4) is 17.5 Å². The molecule has 6 nitrogen and oxygen atoms in total. The van der Waals surface area contributed by atoms with Crippen LogP contribution in [-0.4, -0.2) is 39.4 Å². The van der Waals surface area contributed by atoms with Gasteiger partial charge in [0.05, 0.1) is 18.2 Å². The molecule has 0 bridgehead atoms. The smallest absolute Gasteiger partial charge is 0.247 e. The third-order valence-electron chi connectivity index (χ3n) is 4.24. The molecule has 0 radical (unpaired) electrons. The van der Waals surface area contributed by atoms with Crippen LogP contribution in [0, 0.1) is 11.3 Å². The van der Waals surface area contributed by atoms with E-state index in [0.717, 1.165) is 31.4 Å². The predicted molar refractivity (Wildman–Crippen MR) is 84.2 cm³/mol. The quantitative estimate of drug-likeness (QED) is 0.881. The molecule has 1 aromatic heterocycles. The third kappa shape index (κ3) is 3.76. The lowest BCUT2D eigenvalue weighted by atomic mass is 10.1. The van der Waals surface area contributed by atoms with Gasteiger partial charge in [-0.15, -0.1) is 10.2 Å². The van der Waals surface area contributed by atoms with Crippen molar-refractivity contribution in [1.29, 1.82) is 5.26 Å². The molecule has 6 heteroatoms. The molecule has 0 saturated carbocycles. The normalized spacial score (nSPS) is 18.2. The van der Waals surface area contributed by atoms with Crippen molar-refractivity contribution >= 4 is 0 Å². The zero-order chi connectivity index (χ0) is 16.1. The van der Waals surface area contributed by atoms with Crippen molar-refractivity contribution < 1.29 is 9.52 Å². The highest BCUT2D eigenvalue weighted by Crippen LogP contribution is 2.24. The van der Waals surface area contributed by atoms with Gasteiger partial charge in [0, 0.05) is 18.2 Å². The number of aliphatic hydroxyl groups is 1. The lowest BCUT2D eigenvalue weighted by molar-refractivity contribution is 0.195. The zero-order valence-corrected chi connectivity index (χ0v) is 13.0. The molecule has 1 saturated heterocycles. The van der Waals surface area contributed by atoms with Crippen LogP contribution in [0.25, 0.3) is 11.5 Å². The average molecular weight is 312 g/mol. The van der Waals surface area contributed by atoms with Crippen LogP contribution >= 0.6 is 0 Å². The van der Waals surface area contributed by atoms with Crippen LogP contribution in [0.15, 0.2) is 28.7 Å². The Bertz CT molecular complexity index is 692. The first-order valence-electron chi connectivity index (χ1n) is 7.98. The van der Waals surface area contributed by atoms with Crippen LogP contribution in [0.4, 0.5) is 0 Å². The van der Waals surface area contributed by atoms with Gasteiger partial charge in [0.15, 0.2) is 0 Å². The van der Waals surface area contributed by atoms with Crippen LogP contribution in [0.1, 0.15) is 37.1 Å². The van der Waals surface area contributed by atoms with Crippen molar-refractivity contribution in [3.05, 3.63) is 35.7 Å². The molecule has 0 spiro atoms. The molecule has 1 N–H and O–H groups in total. The van der Waals surface area contributed by atoms with E-state index in [2.05, 4.69) is 21.2 Å². The van der Waals surface area contributed by atoms with Crippen molar-refractivity contribution in [1.82, 2.24) is 15.1 Å². The Labute approximate surface area is 135 Å². The highest BCUT2D eigenvalue weighted by molar-refractivity contribution is 5.55. The number of hydrogen-bond acceptors (Lipinski definition) is 6. The summed E-state index contributed by atoms with van der Waals surface area (Å²) in [6.07, 6.45) is 4.16. The summed E-state index contributed by atoms with van der Waals surface area (Å²) < 4.78 is 5.76. The Balaban J connectivity index is 1.68.